The van der Waals surface area contributed by atoms with Gasteiger partial charge in [0.25, 0.3) is 0 Å². The molecular formula is C8H14O3. The van der Waals surface area contributed by atoms with E-state index in [0.717, 1.165) is 25.7 Å². The first-order chi connectivity index (χ1) is 5.13. The second-order valence-electron chi connectivity index (χ2n) is 3.01. The zero-order chi connectivity index (χ0) is 8.32. The van der Waals surface area contributed by atoms with Crippen molar-refractivity contribution < 1.29 is 15.3 Å². The van der Waals surface area contributed by atoms with Gasteiger partial charge in [-0.3, -0.25) is 0 Å². The molecule has 11 heavy (non-hydrogen) atoms. The van der Waals surface area contributed by atoms with E-state index in [1.807, 2.05) is 0 Å². The smallest absolute Gasteiger partial charge is 0.222 e. The van der Waals surface area contributed by atoms with Crippen LogP contribution in [0.1, 0.15) is 32.1 Å². The van der Waals surface area contributed by atoms with Gasteiger partial charge in [-0.1, -0.05) is 6.42 Å². The Morgan fingerprint density at radius 2 is 1.91 bits per heavy atom. The monoisotopic (exact) mass is 158 g/mol. The van der Waals surface area contributed by atoms with Crippen LogP contribution in [-0.2, 0) is 0 Å². The van der Waals surface area contributed by atoms with E-state index in [1.54, 1.807) is 0 Å². The standard InChI is InChI=1S/C8H14O3/c9-7-5-3-1-2-4-6-8(7,10)11/h5,9-11H,1-4,6H2. The van der Waals surface area contributed by atoms with Crippen molar-refractivity contribution in [1.29, 1.82) is 0 Å². The summed E-state index contributed by atoms with van der Waals surface area (Å²) >= 11 is 0. The van der Waals surface area contributed by atoms with Crippen LogP contribution in [0, 0.1) is 0 Å². The quantitative estimate of drug-likeness (QED) is 0.462. The van der Waals surface area contributed by atoms with Crippen LogP contribution in [0.5, 0.6) is 0 Å². The third-order valence-electron chi connectivity index (χ3n) is 1.98. The number of aliphatic hydroxyl groups excluding tert-OH is 1. The first-order valence-electron chi connectivity index (χ1n) is 3.97. The molecule has 0 saturated carbocycles. The molecular weight excluding hydrogens is 144 g/mol. The van der Waals surface area contributed by atoms with Crippen molar-refractivity contribution in [1.82, 2.24) is 0 Å². The minimum atomic E-state index is -1.97. The third-order valence-corrected chi connectivity index (χ3v) is 1.98. The highest BCUT2D eigenvalue weighted by Crippen LogP contribution is 2.22. The molecule has 0 aliphatic heterocycles. The van der Waals surface area contributed by atoms with E-state index in [4.69, 9.17) is 5.11 Å². The van der Waals surface area contributed by atoms with Gasteiger partial charge in [0.1, 0.15) is 5.76 Å². The average Bonchev–Trinajstić information content (AvgIpc) is 1.93. The SMILES string of the molecule is OC1=CCCCCCC1(O)O. The van der Waals surface area contributed by atoms with E-state index in [-0.39, 0.29) is 12.2 Å². The number of hydrogen-bond donors (Lipinski definition) is 3. The molecule has 0 aromatic heterocycles. The molecule has 3 nitrogen and oxygen atoms in total. The summed E-state index contributed by atoms with van der Waals surface area (Å²) in [4.78, 5) is 0. The largest absolute Gasteiger partial charge is 0.507 e. The second kappa shape index (κ2) is 3.24. The van der Waals surface area contributed by atoms with Crippen LogP contribution in [0.15, 0.2) is 11.8 Å². The van der Waals surface area contributed by atoms with Crippen molar-refractivity contribution in [2.75, 3.05) is 0 Å². The summed E-state index contributed by atoms with van der Waals surface area (Å²) in [5.74, 6) is -2.27. The summed E-state index contributed by atoms with van der Waals surface area (Å²) in [5.41, 5.74) is 0. The van der Waals surface area contributed by atoms with Gasteiger partial charge in [-0.25, -0.2) is 0 Å². The molecule has 3 heteroatoms. The number of allylic oxidation sites excluding steroid dienone is 1. The molecule has 1 aliphatic carbocycles. The summed E-state index contributed by atoms with van der Waals surface area (Å²) in [7, 11) is 0. The minimum Gasteiger partial charge on any atom is -0.507 e. The lowest BCUT2D eigenvalue weighted by Crippen LogP contribution is -2.31. The zero-order valence-electron chi connectivity index (χ0n) is 6.45. The molecule has 0 bridgehead atoms. The van der Waals surface area contributed by atoms with Crippen molar-refractivity contribution in [3.05, 3.63) is 11.8 Å². The van der Waals surface area contributed by atoms with Gasteiger partial charge in [0.2, 0.25) is 5.79 Å². The van der Waals surface area contributed by atoms with Crippen LogP contribution in [0.25, 0.3) is 0 Å². The van der Waals surface area contributed by atoms with Gasteiger partial charge in [0.15, 0.2) is 0 Å². The van der Waals surface area contributed by atoms with Crippen LogP contribution in [-0.4, -0.2) is 21.1 Å². The summed E-state index contributed by atoms with van der Waals surface area (Å²) in [5, 5.41) is 27.5. The highest BCUT2D eigenvalue weighted by atomic mass is 16.5. The Morgan fingerprint density at radius 1 is 1.18 bits per heavy atom. The molecule has 0 fully saturated rings. The van der Waals surface area contributed by atoms with Gasteiger partial charge in [-0.2, -0.15) is 0 Å². The average molecular weight is 158 g/mol. The summed E-state index contributed by atoms with van der Waals surface area (Å²) in [6.45, 7) is 0. The lowest BCUT2D eigenvalue weighted by Gasteiger charge is -2.22. The van der Waals surface area contributed by atoms with E-state index in [2.05, 4.69) is 0 Å². The molecule has 3 N–H and O–H groups in total. The summed E-state index contributed by atoms with van der Waals surface area (Å²) < 4.78 is 0. The van der Waals surface area contributed by atoms with Crippen molar-refractivity contribution in [3.63, 3.8) is 0 Å². The molecule has 0 radical (unpaired) electrons. The number of aliphatic hydroxyl groups is 3. The maximum Gasteiger partial charge on any atom is 0.222 e. The fraction of sp³-hybridized carbons (Fsp3) is 0.750. The van der Waals surface area contributed by atoms with Gasteiger partial charge >= 0.3 is 0 Å². The minimum absolute atomic E-state index is 0.231. The highest BCUT2D eigenvalue weighted by Gasteiger charge is 2.28. The maximum absolute atomic E-state index is 9.19. The first kappa shape index (κ1) is 8.56. The van der Waals surface area contributed by atoms with E-state index < -0.39 is 5.79 Å². The Balaban J connectivity index is 2.67. The van der Waals surface area contributed by atoms with Gasteiger partial charge in [-0.15, -0.1) is 0 Å². The number of rotatable bonds is 0. The van der Waals surface area contributed by atoms with Crippen molar-refractivity contribution in [2.24, 2.45) is 0 Å². The predicted molar refractivity (Wildman–Crippen MR) is 41.0 cm³/mol. The molecule has 1 rings (SSSR count). The van der Waals surface area contributed by atoms with Gasteiger partial charge in [-0.05, 0) is 25.3 Å². The van der Waals surface area contributed by atoms with E-state index in [0.29, 0.717) is 0 Å². The summed E-state index contributed by atoms with van der Waals surface area (Å²) in [6.07, 6.45) is 5.21. The molecule has 64 valence electrons. The first-order valence-corrected chi connectivity index (χ1v) is 3.97. The number of hydrogen-bond acceptors (Lipinski definition) is 3. The second-order valence-corrected chi connectivity index (χ2v) is 3.01. The van der Waals surface area contributed by atoms with Gasteiger partial charge in [0.05, 0.1) is 0 Å². The molecule has 0 heterocycles. The molecule has 0 aromatic carbocycles. The van der Waals surface area contributed by atoms with E-state index in [1.165, 1.54) is 6.08 Å². The lowest BCUT2D eigenvalue weighted by atomic mass is 10.0. The fourth-order valence-corrected chi connectivity index (χ4v) is 1.22. The lowest BCUT2D eigenvalue weighted by molar-refractivity contribution is -0.158. The van der Waals surface area contributed by atoms with E-state index in [9.17, 15) is 10.2 Å². The molecule has 0 saturated heterocycles. The van der Waals surface area contributed by atoms with Gasteiger partial charge < -0.3 is 15.3 Å². The highest BCUT2D eigenvalue weighted by molar-refractivity contribution is 5.03. The Hall–Kier alpha value is -0.540. The van der Waals surface area contributed by atoms with E-state index >= 15 is 0 Å². The molecule has 0 amide bonds. The van der Waals surface area contributed by atoms with Crippen molar-refractivity contribution in [2.45, 2.75) is 37.9 Å². The Kier molecular flexibility index (Phi) is 2.52. The van der Waals surface area contributed by atoms with Crippen molar-refractivity contribution >= 4 is 0 Å². The predicted octanol–water partition coefficient (Wildman–Crippen LogP) is 1.07. The Morgan fingerprint density at radius 3 is 2.64 bits per heavy atom. The topological polar surface area (TPSA) is 60.7 Å². The van der Waals surface area contributed by atoms with Crippen molar-refractivity contribution in [3.8, 4) is 0 Å². The molecule has 0 atom stereocenters. The van der Waals surface area contributed by atoms with Crippen LogP contribution >= 0.6 is 0 Å². The molecule has 0 spiro atoms. The van der Waals surface area contributed by atoms with Crippen LogP contribution in [0.3, 0.4) is 0 Å². The Bertz CT molecular complexity index is 161. The normalized spacial score (nSPS) is 25.1. The molecule has 0 unspecified atom stereocenters. The third kappa shape index (κ3) is 2.20. The van der Waals surface area contributed by atoms with Gasteiger partial charge in [0, 0.05) is 6.42 Å². The Labute approximate surface area is 66.0 Å². The zero-order valence-corrected chi connectivity index (χ0v) is 6.45. The summed E-state index contributed by atoms with van der Waals surface area (Å²) in [6, 6.07) is 0. The van der Waals surface area contributed by atoms with Crippen LogP contribution in [0.2, 0.25) is 0 Å². The fourth-order valence-electron chi connectivity index (χ4n) is 1.22. The molecule has 1 aliphatic rings. The maximum atomic E-state index is 9.19. The molecule has 0 aromatic rings. The van der Waals surface area contributed by atoms with Crippen LogP contribution in [0.4, 0.5) is 0 Å². The van der Waals surface area contributed by atoms with Crippen LogP contribution < -0.4 is 0 Å².